The van der Waals surface area contributed by atoms with Crippen molar-refractivity contribution in [3.63, 3.8) is 0 Å². The predicted molar refractivity (Wildman–Crippen MR) is 75.4 cm³/mol. The summed E-state index contributed by atoms with van der Waals surface area (Å²) in [5.74, 6) is 0.852. The maximum atomic E-state index is 12.2. The Balaban J connectivity index is 1.96. The maximum Gasteiger partial charge on any atom is 0.263 e. The number of benzene rings is 1. The predicted octanol–water partition coefficient (Wildman–Crippen LogP) is 1.56. The standard InChI is InChI=1S/C12H9ClN2O5S/c13-8-3-10-11(20-6-19-10)4-9(8)15-21(17,18)7-1-2-12(16)14-5-7/h1-5,15H,6H2,(H,14,16). The average molecular weight is 329 g/mol. The molecule has 21 heavy (non-hydrogen) atoms. The van der Waals surface area contributed by atoms with Gasteiger partial charge in [0.1, 0.15) is 4.90 Å². The number of anilines is 1. The molecule has 3 rings (SSSR count). The molecule has 1 aromatic heterocycles. The van der Waals surface area contributed by atoms with Crippen LogP contribution in [0.15, 0.2) is 40.2 Å². The molecule has 0 radical (unpaired) electrons. The average Bonchev–Trinajstić information content (AvgIpc) is 2.86. The molecule has 0 unspecified atom stereocenters. The fraction of sp³-hybridized carbons (Fsp3) is 0.0833. The summed E-state index contributed by atoms with van der Waals surface area (Å²) in [4.78, 5) is 13.2. The summed E-state index contributed by atoms with van der Waals surface area (Å²) < 4.78 is 37.0. The molecule has 0 amide bonds. The quantitative estimate of drug-likeness (QED) is 0.891. The van der Waals surface area contributed by atoms with Gasteiger partial charge in [-0.25, -0.2) is 8.42 Å². The molecule has 0 bridgehead atoms. The first-order valence-electron chi connectivity index (χ1n) is 5.76. The van der Waals surface area contributed by atoms with Crippen LogP contribution in [0.3, 0.4) is 0 Å². The number of H-pyrrole nitrogens is 1. The number of fused-ring (bicyclic) bond motifs is 1. The topological polar surface area (TPSA) is 97.5 Å². The summed E-state index contributed by atoms with van der Waals surface area (Å²) in [6.07, 6.45) is 1.10. The zero-order valence-corrected chi connectivity index (χ0v) is 12.0. The number of aromatic amines is 1. The summed E-state index contributed by atoms with van der Waals surface area (Å²) in [6, 6.07) is 5.22. The van der Waals surface area contributed by atoms with Crippen LogP contribution in [0.2, 0.25) is 5.02 Å². The molecule has 7 nitrogen and oxygen atoms in total. The highest BCUT2D eigenvalue weighted by Crippen LogP contribution is 2.39. The van der Waals surface area contributed by atoms with Crippen molar-refractivity contribution in [2.24, 2.45) is 0 Å². The van der Waals surface area contributed by atoms with Crippen molar-refractivity contribution in [1.29, 1.82) is 0 Å². The molecule has 9 heteroatoms. The molecule has 2 heterocycles. The van der Waals surface area contributed by atoms with Crippen molar-refractivity contribution < 1.29 is 17.9 Å². The third-order valence-electron chi connectivity index (χ3n) is 2.77. The van der Waals surface area contributed by atoms with Gasteiger partial charge in [-0.1, -0.05) is 11.6 Å². The highest BCUT2D eigenvalue weighted by molar-refractivity contribution is 7.92. The van der Waals surface area contributed by atoms with Crippen LogP contribution in [0.1, 0.15) is 0 Å². The number of pyridine rings is 1. The van der Waals surface area contributed by atoms with E-state index in [4.69, 9.17) is 21.1 Å². The van der Waals surface area contributed by atoms with E-state index >= 15 is 0 Å². The lowest BCUT2D eigenvalue weighted by atomic mass is 10.3. The van der Waals surface area contributed by atoms with Gasteiger partial charge in [-0.15, -0.1) is 0 Å². The lowest BCUT2D eigenvalue weighted by molar-refractivity contribution is 0.174. The van der Waals surface area contributed by atoms with Gasteiger partial charge in [-0.2, -0.15) is 0 Å². The normalized spacial score (nSPS) is 13.2. The molecule has 110 valence electrons. The van der Waals surface area contributed by atoms with Crippen molar-refractivity contribution in [3.8, 4) is 11.5 Å². The Bertz CT molecular complexity index is 842. The molecule has 1 aromatic carbocycles. The minimum atomic E-state index is -3.87. The minimum Gasteiger partial charge on any atom is -0.454 e. The van der Waals surface area contributed by atoms with Crippen LogP contribution >= 0.6 is 11.6 Å². The molecular weight excluding hydrogens is 320 g/mol. The smallest absolute Gasteiger partial charge is 0.263 e. The second-order valence-electron chi connectivity index (χ2n) is 4.18. The van der Waals surface area contributed by atoms with Gasteiger partial charge in [0.15, 0.2) is 11.5 Å². The first kappa shape index (κ1) is 13.8. The van der Waals surface area contributed by atoms with E-state index < -0.39 is 15.6 Å². The van der Waals surface area contributed by atoms with Crippen LogP contribution in [0.5, 0.6) is 11.5 Å². The Morgan fingerprint density at radius 3 is 2.57 bits per heavy atom. The zero-order valence-electron chi connectivity index (χ0n) is 10.4. The summed E-state index contributed by atoms with van der Waals surface area (Å²) in [6.45, 7) is 0.0573. The SMILES string of the molecule is O=c1ccc(S(=O)(=O)Nc2cc3c(cc2Cl)OCO3)c[nH]1. The van der Waals surface area contributed by atoms with Crippen LogP contribution in [0.4, 0.5) is 5.69 Å². The van der Waals surface area contributed by atoms with Crippen LogP contribution in [-0.2, 0) is 10.0 Å². The number of halogens is 1. The molecule has 0 atom stereocenters. The second kappa shape index (κ2) is 4.97. The first-order chi connectivity index (χ1) is 9.95. The zero-order chi connectivity index (χ0) is 15.0. The molecule has 2 N–H and O–H groups in total. The van der Waals surface area contributed by atoms with Crippen LogP contribution in [-0.4, -0.2) is 20.2 Å². The van der Waals surface area contributed by atoms with Crippen LogP contribution in [0, 0.1) is 0 Å². The lowest BCUT2D eigenvalue weighted by Crippen LogP contribution is -2.15. The maximum absolute atomic E-state index is 12.2. The minimum absolute atomic E-state index is 0.0573. The van der Waals surface area contributed by atoms with Gasteiger partial charge >= 0.3 is 0 Å². The number of sulfonamides is 1. The van der Waals surface area contributed by atoms with Crippen LogP contribution in [0.25, 0.3) is 0 Å². The third-order valence-corrected chi connectivity index (χ3v) is 4.45. The number of ether oxygens (including phenoxy) is 2. The monoisotopic (exact) mass is 328 g/mol. The van der Waals surface area contributed by atoms with Crippen molar-refractivity contribution in [2.75, 3.05) is 11.5 Å². The van der Waals surface area contributed by atoms with Crippen LogP contribution < -0.4 is 19.8 Å². The van der Waals surface area contributed by atoms with Crippen molar-refractivity contribution in [1.82, 2.24) is 4.98 Å². The number of hydrogen-bond donors (Lipinski definition) is 2. The fourth-order valence-electron chi connectivity index (χ4n) is 1.76. The van der Waals surface area contributed by atoms with Gasteiger partial charge < -0.3 is 14.5 Å². The van der Waals surface area contributed by atoms with Gasteiger partial charge in [0.2, 0.25) is 12.4 Å². The van der Waals surface area contributed by atoms with E-state index in [1.807, 2.05) is 0 Å². The third kappa shape index (κ3) is 2.67. The Labute approximate surface area is 124 Å². The Hall–Kier alpha value is -2.19. The number of nitrogens with one attached hydrogen (secondary N) is 2. The number of rotatable bonds is 3. The first-order valence-corrected chi connectivity index (χ1v) is 7.62. The van der Waals surface area contributed by atoms with Gasteiger partial charge in [0.05, 0.1) is 10.7 Å². The lowest BCUT2D eigenvalue weighted by Gasteiger charge is -2.10. The largest absolute Gasteiger partial charge is 0.454 e. The molecule has 1 aliphatic heterocycles. The van der Waals surface area contributed by atoms with E-state index in [0.29, 0.717) is 11.5 Å². The van der Waals surface area contributed by atoms with E-state index in [1.165, 1.54) is 18.2 Å². The summed E-state index contributed by atoms with van der Waals surface area (Å²) in [5, 5.41) is 0.173. The molecule has 0 aliphatic carbocycles. The van der Waals surface area contributed by atoms with E-state index in [1.54, 1.807) is 0 Å². The van der Waals surface area contributed by atoms with E-state index in [0.717, 1.165) is 12.3 Å². The Morgan fingerprint density at radius 1 is 1.19 bits per heavy atom. The van der Waals surface area contributed by atoms with Gasteiger partial charge in [0, 0.05) is 24.4 Å². The van der Waals surface area contributed by atoms with Crippen molar-refractivity contribution in [2.45, 2.75) is 4.90 Å². The van der Waals surface area contributed by atoms with E-state index in [9.17, 15) is 13.2 Å². The van der Waals surface area contributed by atoms with Gasteiger partial charge in [0.25, 0.3) is 10.0 Å². The molecular formula is C12H9ClN2O5S. The highest BCUT2D eigenvalue weighted by atomic mass is 35.5. The van der Waals surface area contributed by atoms with E-state index in [-0.39, 0.29) is 22.4 Å². The number of hydrogen-bond acceptors (Lipinski definition) is 5. The summed E-state index contributed by atoms with van der Waals surface area (Å²) in [5.41, 5.74) is -0.234. The van der Waals surface area contributed by atoms with Crippen molar-refractivity contribution in [3.05, 3.63) is 45.8 Å². The Kier molecular flexibility index (Phi) is 3.26. The highest BCUT2D eigenvalue weighted by Gasteiger charge is 2.20. The molecule has 2 aromatic rings. The Morgan fingerprint density at radius 2 is 1.90 bits per heavy atom. The van der Waals surface area contributed by atoms with E-state index in [2.05, 4.69) is 9.71 Å². The molecule has 0 spiro atoms. The molecule has 0 fully saturated rings. The van der Waals surface area contributed by atoms with Crippen molar-refractivity contribution >= 4 is 27.3 Å². The second-order valence-corrected chi connectivity index (χ2v) is 6.27. The van der Waals surface area contributed by atoms with Gasteiger partial charge in [-0.3, -0.25) is 9.52 Å². The van der Waals surface area contributed by atoms with Gasteiger partial charge in [-0.05, 0) is 6.07 Å². The summed E-state index contributed by atoms with van der Waals surface area (Å²) >= 11 is 6.01. The molecule has 0 saturated heterocycles. The fourth-order valence-corrected chi connectivity index (χ4v) is 3.06. The molecule has 0 saturated carbocycles. The summed E-state index contributed by atoms with van der Waals surface area (Å²) in [7, 11) is -3.87. The number of aromatic nitrogens is 1. The molecule has 1 aliphatic rings.